The highest BCUT2D eigenvalue weighted by molar-refractivity contribution is 7.99. The van der Waals surface area contributed by atoms with Crippen LogP contribution in [-0.4, -0.2) is 72.2 Å². The number of amides is 2. The van der Waals surface area contributed by atoms with E-state index in [0.717, 1.165) is 17.1 Å². The maximum absolute atomic E-state index is 12.1. The molecule has 9 heteroatoms. The lowest BCUT2D eigenvalue weighted by Crippen LogP contribution is -2.45. The fraction of sp³-hybridized carbons (Fsp3) is 0.471. The first-order valence-electron chi connectivity index (χ1n) is 8.30. The minimum absolute atomic E-state index is 0.0493. The molecule has 0 radical (unpaired) electrons. The summed E-state index contributed by atoms with van der Waals surface area (Å²) in [6, 6.07) is 5.61. The van der Waals surface area contributed by atoms with Crippen LogP contribution in [-0.2, 0) is 16.0 Å². The van der Waals surface area contributed by atoms with Crippen molar-refractivity contribution in [3.63, 3.8) is 0 Å². The summed E-state index contributed by atoms with van der Waals surface area (Å²) in [5, 5.41) is 14.4. The monoisotopic (exact) mass is 381 g/mol. The van der Waals surface area contributed by atoms with Crippen LogP contribution in [0.5, 0.6) is 5.75 Å². The first kappa shape index (κ1) is 20.1. The second-order valence-corrected chi connectivity index (χ2v) is 7.03. The minimum atomic E-state index is -1.10. The number of benzene rings is 1. The summed E-state index contributed by atoms with van der Waals surface area (Å²) in [7, 11) is 1.61. The number of thioether (sulfide) groups is 1. The van der Waals surface area contributed by atoms with E-state index in [9.17, 15) is 19.5 Å². The highest BCUT2D eigenvalue weighted by Crippen LogP contribution is 2.16. The lowest BCUT2D eigenvalue weighted by Gasteiger charge is -2.25. The number of likely N-dealkylation sites (N-methyl/N-ethyl adjacent to an activating group) is 1. The first-order chi connectivity index (χ1) is 12.5. The number of ether oxygens (including phenoxy) is 1. The molecule has 1 fully saturated rings. The largest absolute Gasteiger partial charge is 0.480 e. The second kappa shape index (κ2) is 10.0. The summed E-state index contributed by atoms with van der Waals surface area (Å²) < 4.78 is 5.34. The SMILES string of the molecule is CNCC(=O)N[C@@H](Cc1ccc(OC(=O)N2CCSCC2)cc1)C(=O)O. The topological polar surface area (TPSA) is 108 Å². The lowest BCUT2D eigenvalue weighted by molar-refractivity contribution is -0.141. The van der Waals surface area contributed by atoms with Crippen molar-refractivity contribution < 1.29 is 24.2 Å². The van der Waals surface area contributed by atoms with E-state index in [0.29, 0.717) is 18.8 Å². The summed E-state index contributed by atoms with van der Waals surface area (Å²) in [5.41, 5.74) is 0.719. The zero-order chi connectivity index (χ0) is 18.9. The van der Waals surface area contributed by atoms with Crippen LogP contribution in [0.2, 0.25) is 0 Å². The van der Waals surface area contributed by atoms with E-state index >= 15 is 0 Å². The number of carbonyl (C=O) groups excluding carboxylic acids is 2. The number of carbonyl (C=O) groups is 3. The average Bonchev–Trinajstić information content (AvgIpc) is 2.63. The highest BCUT2D eigenvalue weighted by atomic mass is 32.2. The molecule has 1 aliphatic heterocycles. The van der Waals surface area contributed by atoms with Gasteiger partial charge in [0.1, 0.15) is 11.8 Å². The maximum Gasteiger partial charge on any atom is 0.415 e. The van der Waals surface area contributed by atoms with Gasteiger partial charge < -0.3 is 25.4 Å². The van der Waals surface area contributed by atoms with Gasteiger partial charge in [-0.3, -0.25) is 4.79 Å². The zero-order valence-electron chi connectivity index (χ0n) is 14.6. The third-order valence-corrected chi connectivity index (χ3v) is 4.75. The molecule has 0 saturated carbocycles. The van der Waals surface area contributed by atoms with Crippen LogP contribution in [0.1, 0.15) is 5.56 Å². The van der Waals surface area contributed by atoms with Crippen LogP contribution in [0, 0.1) is 0 Å². The van der Waals surface area contributed by atoms with Gasteiger partial charge in [0.25, 0.3) is 0 Å². The molecule has 0 aliphatic carbocycles. The molecule has 142 valence electrons. The van der Waals surface area contributed by atoms with Gasteiger partial charge in [0.05, 0.1) is 6.54 Å². The molecular weight excluding hydrogens is 358 g/mol. The Hall–Kier alpha value is -2.26. The second-order valence-electron chi connectivity index (χ2n) is 5.80. The Morgan fingerprint density at radius 1 is 1.23 bits per heavy atom. The molecule has 1 heterocycles. The summed E-state index contributed by atoms with van der Waals surface area (Å²) in [6.45, 7) is 1.40. The fourth-order valence-corrected chi connectivity index (χ4v) is 3.35. The Kier molecular flexibility index (Phi) is 7.73. The van der Waals surface area contributed by atoms with Crippen LogP contribution in [0.15, 0.2) is 24.3 Å². The van der Waals surface area contributed by atoms with Crippen molar-refractivity contribution in [2.45, 2.75) is 12.5 Å². The van der Waals surface area contributed by atoms with Gasteiger partial charge in [-0.1, -0.05) is 12.1 Å². The molecule has 0 unspecified atom stereocenters. The number of hydrogen-bond donors (Lipinski definition) is 3. The Morgan fingerprint density at radius 3 is 2.46 bits per heavy atom. The lowest BCUT2D eigenvalue weighted by atomic mass is 10.1. The molecule has 1 atom stereocenters. The molecule has 26 heavy (non-hydrogen) atoms. The fourth-order valence-electron chi connectivity index (χ4n) is 2.45. The van der Waals surface area contributed by atoms with Gasteiger partial charge >= 0.3 is 12.1 Å². The number of nitrogens with one attached hydrogen (secondary N) is 2. The van der Waals surface area contributed by atoms with Crippen molar-refractivity contribution in [1.29, 1.82) is 0 Å². The third-order valence-electron chi connectivity index (χ3n) is 3.81. The van der Waals surface area contributed by atoms with E-state index in [-0.39, 0.29) is 25.0 Å². The Balaban J connectivity index is 1.91. The van der Waals surface area contributed by atoms with Crippen molar-refractivity contribution in [3.8, 4) is 5.75 Å². The van der Waals surface area contributed by atoms with E-state index in [1.54, 1.807) is 36.2 Å². The summed E-state index contributed by atoms with van der Waals surface area (Å²) >= 11 is 1.81. The molecule has 1 saturated heterocycles. The van der Waals surface area contributed by atoms with Crippen LogP contribution in [0.4, 0.5) is 4.79 Å². The van der Waals surface area contributed by atoms with Crippen LogP contribution in [0.25, 0.3) is 0 Å². The van der Waals surface area contributed by atoms with E-state index in [4.69, 9.17) is 4.74 Å². The molecule has 1 aliphatic rings. The quantitative estimate of drug-likeness (QED) is 0.633. The molecule has 1 aromatic carbocycles. The zero-order valence-corrected chi connectivity index (χ0v) is 15.4. The van der Waals surface area contributed by atoms with Crippen molar-refractivity contribution >= 4 is 29.7 Å². The first-order valence-corrected chi connectivity index (χ1v) is 9.45. The highest BCUT2D eigenvalue weighted by Gasteiger charge is 2.21. The molecule has 8 nitrogen and oxygen atoms in total. The van der Waals surface area contributed by atoms with Gasteiger partial charge in [-0.05, 0) is 24.7 Å². The minimum Gasteiger partial charge on any atom is -0.480 e. The normalized spacial score (nSPS) is 15.2. The van der Waals surface area contributed by atoms with Crippen molar-refractivity contribution in [3.05, 3.63) is 29.8 Å². The third kappa shape index (κ3) is 6.23. The van der Waals surface area contributed by atoms with Crippen LogP contribution >= 0.6 is 11.8 Å². The molecule has 2 amide bonds. The van der Waals surface area contributed by atoms with Gasteiger partial charge in [-0.2, -0.15) is 11.8 Å². The molecule has 0 spiro atoms. The van der Waals surface area contributed by atoms with E-state index < -0.39 is 12.0 Å². The van der Waals surface area contributed by atoms with E-state index in [1.165, 1.54) is 0 Å². The number of carboxylic acid groups (broad SMARTS) is 1. The summed E-state index contributed by atoms with van der Waals surface area (Å²) in [5.74, 6) is 0.731. The molecule has 3 N–H and O–H groups in total. The molecule has 0 bridgehead atoms. The van der Waals surface area contributed by atoms with Gasteiger partial charge in [0, 0.05) is 31.0 Å². The van der Waals surface area contributed by atoms with Gasteiger partial charge in [-0.15, -0.1) is 0 Å². The van der Waals surface area contributed by atoms with Crippen molar-refractivity contribution in [2.75, 3.05) is 38.2 Å². The Morgan fingerprint density at radius 2 is 1.88 bits per heavy atom. The Labute approximate surface area is 156 Å². The van der Waals surface area contributed by atoms with E-state index in [1.807, 2.05) is 11.8 Å². The van der Waals surface area contributed by atoms with Crippen molar-refractivity contribution in [2.24, 2.45) is 0 Å². The predicted octanol–water partition coefficient (Wildman–Crippen LogP) is 0.566. The number of hydrogen-bond acceptors (Lipinski definition) is 6. The van der Waals surface area contributed by atoms with Crippen LogP contribution in [0.3, 0.4) is 0 Å². The van der Waals surface area contributed by atoms with E-state index in [2.05, 4.69) is 10.6 Å². The van der Waals surface area contributed by atoms with Gasteiger partial charge in [-0.25, -0.2) is 9.59 Å². The van der Waals surface area contributed by atoms with Gasteiger partial charge in [0.2, 0.25) is 5.91 Å². The summed E-state index contributed by atoms with van der Waals surface area (Å²) in [6.07, 6.45) is -0.233. The molecule has 0 aromatic heterocycles. The molecular formula is C17H23N3O5S. The standard InChI is InChI=1S/C17H23N3O5S/c1-18-11-15(21)19-14(16(22)23)10-12-2-4-13(5-3-12)25-17(24)20-6-8-26-9-7-20/h2-5,14,18H,6-11H2,1H3,(H,19,21)(H,22,23)/t14-/m0/s1. The Bertz CT molecular complexity index is 632. The smallest absolute Gasteiger partial charge is 0.415 e. The molecule has 2 rings (SSSR count). The molecule has 1 aromatic rings. The van der Waals surface area contributed by atoms with Gasteiger partial charge in [0.15, 0.2) is 0 Å². The number of carboxylic acids is 1. The number of rotatable bonds is 7. The van der Waals surface area contributed by atoms with Crippen LogP contribution < -0.4 is 15.4 Å². The van der Waals surface area contributed by atoms with Crippen molar-refractivity contribution in [1.82, 2.24) is 15.5 Å². The number of aliphatic carboxylic acids is 1. The maximum atomic E-state index is 12.1. The predicted molar refractivity (Wildman–Crippen MR) is 98.6 cm³/mol. The average molecular weight is 381 g/mol. The summed E-state index contributed by atoms with van der Waals surface area (Å²) in [4.78, 5) is 36.6. The number of nitrogens with zero attached hydrogens (tertiary/aromatic N) is 1.